The quantitative estimate of drug-likeness (QED) is 0.715. The van der Waals surface area contributed by atoms with E-state index in [-0.39, 0.29) is 11.8 Å². The molecule has 2 atom stereocenters. The SMILES string of the molecule is CCSC1CCC(NS(=O)(=O)CCNC)C1. The lowest BCUT2D eigenvalue weighted by Crippen LogP contribution is -2.37. The second-order valence-electron chi connectivity index (χ2n) is 4.13. The van der Waals surface area contributed by atoms with Gasteiger partial charge >= 0.3 is 0 Å². The standard InChI is InChI=1S/C10H22N2O2S2/c1-3-15-10-5-4-9(8-10)12-16(13,14)7-6-11-2/h9-12H,3-8H2,1-2H3. The number of nitrogens with one attached hydrogen (secondary N) is 2. The molecule has 0 heterocycles. The summed E-state index contributed by atoms with van der Waals surface area (Å²) < 4.78 is 26.1. The van der Waals surface area contributed by atoms with Gasteiger partial charge in [-0.15, -0.1) is 0 Å². The van der Waals surface area contributed by atoms with Crippen molar-refractivity contribution in [2.75, 3.05) is 25.1 Å². The molecule has 0 aliphatic heterocycles. The molecule has 2 unspecified atom stereocenters. The zero-order valence-electron chi connectivity index (χ0n) is 10.0. The first-order chi connectivity index (χ1) is 7.57. The minimum Gasteiger partial charge on any atom is -0.319 e. The lowest BCUT2D eigenvalue weighted by atomic mass is 10.3. The van der Waals surface area contributed by atoms with Gasteiger partial charge in [-0.1, -0.05) is 6.92 Å². The highest BCUT2D eigenvalue weighted by Crippen LogP contribution is 2.29. The summed E-state index contributed by atoms with van der Waals surface area (Å²) >= 11 is 1.94. The average molecular weight is 266 g/mol. The monoisotopic (exact) mass is 266 g/mol. The molecule has 0 aromatic heterocycles. The summed E-state index contributed by atoms with van der Waals surface area (Å²) in [5, 5.41) is 3.50. The van der Waals surface area contributed by atoms with Crippen molar-refractivity contribution in [3.63, 3.8) is 0 Å². The first kappa shape index (κ1) is 14.3. The predicted octanol–water partition coefficient (Wildman–Crippen LogP) is 0.799. The molecular formula is C10H22N2O2S2. The van der Waals surface area contributed by atoms with Crippen LogP contribution < -0.4 is 10.0 Å². The molecule has 0 aromatic carbocycles. The molecule has 1 rings (SSSR count). The van der Waals surface area contributed by atoms with Crippen LogP contribution in [0.2, 0.25) is 0 Å². The van der Waals surface area contributed by atoms with E-state index in [1.807, 2.05) is 11.8 Å². The van der Waals surface area contributed by atoms with E-state index in [4.69, 9.17) is 0 Å². The molecule has 1 saturated carbocycles. The van der Waals surface area contributed by atoms with Crippen LogP contribution in [0.1, 0.15) is 26.2 Å². The zero-order valence-corrected chi connectivity index (χ0v) is 11.7. The van der Waals surface area contributed by atoms with Gasteiger partial charge in [0.15, 0.2) is 0 Å². The van der Waals surface area contributed by atoms with Gasteiger partial charge in [-0.25, -0.2) is 13.1 Å². The Hall–Kier alpha value is 0.220. The molecule has 0 spiro atoms. The third-order valence-electron chi connectivity index (χ3n) is 2.75. The summed E-state index contributed by atoms with van der Waals surface area (Å²) in [5.74, 6) is 1.29. The van der Waals surface area contributed by atoms with Crippen molar-refractivity contribution < 1.29 is 8.42 Å². The van der Waals surface area contributed by atoms with Crippen LogP contribution in [0.5, 0.6) is 0 Å². The molecule has 0 radical (unpaired) electrons. The summed E-state index contributed by atoms with van der Waals surface area (Å²) in [7, 11) is -1.32. The number of hydrogen-bond acceptors (Lipinski definition) is 4. The van der Waals surface area contributed by atoms with Gasteiger partial charge in [0.1, 0.15) is 0 Å². The van der Waals surface area contributed by atoms with Crippen LogP contribution in [0, 0.1) is 0 Å². The first-order valence-electron chi connectivity index (χ1n) is 5.83. The first-order valence-corrected chi connectivity index (χ1v) is 8.53. The van der Waals surface area contributed by atoms with E-state index in [0.717, 1.165) is 25.0 Å². The van der Waals surface area contributed by atoms with E-state index < -0.39 is 10.0 Å². The number of thioether (sulfide) groups is 1. The molecule has 4 nitrogen and oxygen atoms in total. The maximum absolute atomic E-state index is 11.7. The Labute approximate surface area is 103 Å². The predicted molar refractivity (Wildman–Crippen MR) is 70.4 cm³/mol. The second kappa shape index (κ2) is 6.83. The molecule has 2 N–H and O–H groups in total. The molecule has 16 heavy (non-hydrogen) atoms. The highest BCUT2D eigenvalue weighted by molar-refractivity contribution is 7.99. The van der Waals surface area contributed by atoms with Crippen molar-refractivity contribution in [2.45, 2.75) is 37.5 Å². The van der Waals surface area contributed by atoms with Crippen molar-refractivity contribution in [3.8, 4) is 0 Å². The smallest absolute Gasteiger partial charge is 0.213 e. The molecular weight excluding hydrogens is 244 g/mol. The third-order valence-corrected chi connectivity index (χ3v) is 5.42. The van der Waals surface area contributed by atoms with Crippen molar-refractivity contribution >= 4 is 21.8 Å². The molecule has 0 bridgehead atoms. The van der Waals surface area contributed by atoms with Gasteiger partial charge in [0.05, 0.1) is 5.75 Å². The topological polar surface area (TPSA) is 58.2 Å². The van der Waals surface area contributed by atoms with Crippen LogP contribution in [0.3, 0.4) is 0 Å². The minimum atomic E-state index is -3.09. The van der Waals surface area contributed by atoms with E-state index in [2.05, 4.69) is 17.0 Å². The van der Waals surface area contributed by atoms with E-state index in [9.17, 15) is 8.42 Å². The largest absolute Gasteiger partial charge is 0.319 e. The molecule has 96 valence electrons. The van der Waals surface area contributed by atoms with Crippen molar-refractivity contribution in [3.05, 3.63) is 0 Å². The van der Waals surface area contributed by atoms with Gasteiger partial charge in [-0.3, -0.25) is 0 Å². The van der Waals surface area contributed by atoms with E-state index in [1.54, 1.807) is 7.05 Å². The molecule has 1 aliphatic carbocycles. The van der Waals surface area contributed by atoms with Gasteiger partial charge in [0, 0.05) is 17.8 Å². The van der Waals surface area contributed by atoms with Gasteiger partial charge in [-0.2, -0.15) is 11.8 Å². The second-order valence-corrected chi connectivity index (χ2v) is 7.58. The Morgan fingerprint density at radius 1 is 1.38 bits per heavy atom. The minimum absolute atomic E-state index is 0.158. The van der Waals surface area contributed by atoms with Crippen molar-refractivity contribution in [2.24, 2.45) is 0 Å². The Morgan fingerprint density at radius 2 is 2.12 bits per heavy atom. The maximum atomic E-state index is 11.7. The summed E-state index contributed by atoms with van der Waals surface area (Å²) in [6.45, 7) is 2.66. The Bertz CT molecular complexity index is 293. The molecule has 0 aromatic rings. The van der Waals surface area contributed by atoms with Gasteiger partial charge in [0.2, 0.25) is 10.0 Å². The van der Waals surface area contributed by atoms with Gasteiger partial charge < -0.3 is 5.32 Å². The van der Waals surface area contributed by atoms with Crippen molar-refractivity contribution in [1.29, 1.82) is 0 Å². The normalized spacial score (nSPS) is 26.1. The summed E-state index contributed by atoms with van der Waals surface area (Å²) in [4.78, 5) is 0. The van der Waals surface area contributed by atoms with E-state index in [0.29, 0.717) is 11.8 Å². The highest BCUT2D eigenvalue weighted by atomic mass is 32.2. The summed E-state index contributed by atoms with van der Waals surface area (Å²) in [5.41, 5.74) is 0. The highest BCUT2D eigenvalue weighted by Gasteiger charge is 2.27. The van der Waals surface area contributed by atoms with Crippen molar-refractivity contribution in [1.82, 2.24) is 10.0 Å². The molecule has 0 saturated heterocycles. The fourth-order valence-electron chi connectivity index (χ4n) is 1.98. The van der Waals surface area contributed by atoms with Crippen LogP contribution in [-0.4, -0.2) is 44.8 Å². The maximum Gasteiger partial charge on any atom is 0.213 e. The van der Waals surface area contributed by atoms with Crippen LogP contribution >= 0.6 is 11.8 Å². The van der Waals surface area contributed by atoms with Gasteiger partial charge in [0.25, 0.3) is 0 Å². The number of sulfonamides is 1. The Kier molecular flexibility index (Phi) is 6.10. The fraction of sp³-hybridized carbons (Fsp3) is 1.00. The van der Waals surface area contributed by atoms with Crippen LogP contribution in [-0.2, 0) is 10.0 Å². The van der Waals surface area contributed by atoms with Gasteiger partial charge in [-0.05, 0) is 32.1 Å². The third kappa shape index (κ3) is 5.03. The molecule has 6 heteroatoms. The summed E-state index contributed by atoms with van der Waals surface area (Å²) in [6.07, 6.45) is 3.10. The lowest BCUT2D eigenvalue weighted by molar-refractivity contribution is 0.551. The number of rotatable bonds is 7. The number of hydrogen-bond donors (Lipinski definition) is 2. The fourth-order valence-corrected chi connectivity index (χ4v) is 4.44. The van der Waals surface area contributed by atoms with Crippen LogP contribution in [0.4, 0.5) is 0 Å². The average Bonchev–Trinajstić information content (AvgIpc) is 2.62. The summed E-state index contributed by atoms with van der Waals surface area (Å²) in [6, 6.07) is 0.158. The Morgan fingerprint density at radius 3 is 2.75 bits per heavy atom. The van der Waals surface area contributed by atoms with E-state index >= 15 is 0 Å². The zero-order chi connectivity index (χ0) is 12.0. The van der Waals surface area contributed by atoms with Crippen LogP contribution in [0.15, 0.2) is 0 Å². The van der Waals surface area contributed by atoms with Crippen LogP contribution in [0.25, 0.3) is 0 Å². The van der Waals surface area contributed by atoms with E-state index in [1.165, 1.54) is 0 Å². The molecule has 1 aliphatic rings. The lowest BCUT2D eigenvalue weighted by Gasteiger charge is -2.13. The molecule has 1 fully saturated rings. The Balaban J connectivity index is 2.33. The molecule has 0 amide bonds.